The second kappa shape index (κ2) is 4.92. The van der Waals surface area contributed by atoms with Gasteiger partial charge in [0.15, 0.2) is 0 Å². The molecule has 0 saturated carbocycles. The van der Waals surface area contributed by atoms with Gasteiger partial charge in [0, 0.05) is 21.3 Å². The zero-order chi connectivity index (χ0) is 14.2. The van der Waals surface area contributed by atoms with E-state index in [1.165, 1.54) is 21.2 Å². The minimum atomic E-state index is -0.00548. The molecule has 0 amide bonds. The van der Waals surface area contributed by atoms with Crippen molar-refractivity contribution in [1.82, 2.24) is 0 Å². The molecule has 0 aromatic heterocycles. The number of fused-ring (bicyclic) bond motifs is 2. The van der Waals surface area contributed by atoms with Crippen LogP contribution < -0.4 is 4.90 Å². The third kappa shape index (κ3) is 2.55. The highest BCUT2D eigenvalue weighted by molar-refractivity contribution is 7.99. The molecule has 0 saturated heterocycles. The maximum absolute atomic E-state index is 3.34. The Morgan fingerprint density at radius 3 is 1.85 bits per heavy atom. The number of hydrogen-bond donors (Lipinski definition) is 0. The zero-order valence-electron chi connectivity index (χ0n) is 12.0. The predicted molar refractivity (Wildman–Crippen MR) is 86.4 cm³/mol. The molecule has 3 rings (SSSR count). The molecule has 20 heavy (non-hydrogen) atoms. The minimum absolute atomic E-state index is 0.00548. The van der Waals surface area contributed by atoms with Crippen molar-refractivity contribution in [2.24, 2.45) is 5.41 Å². The molecule has 1 heterocycles. The van der Waals surface area contributed by atoms with Crippen molar-refractivity contribution in [2.45, 2.75) is 30.6 Å². The van der Waals surface area contributed by atoms with Crippen molar-refractivity contribution in [3.63, 3.8) is 0 Å². The molecule has 0 bridgehead atoms. The third-order valence-electron chi connectivity index (χ3n) is 2.97. The van der Waals surface area contributed by atoms with Crippen LogP contribution in [0.2, 0.25) is 0 Å². The Bertz CT molecular complexity index is 656. The van der Waals surface area contributed by atoms with Crippen LogP contribution in [-0.4, -0.2) is 0 Å². The van der Waals surface area contributed by atoms with Gasteiger partial charge in [-0.1, -0.05) is 41.9 Å². The van der Waals surface area contributed by atoms with Gasteiger partial charge in [0.25, 0.3) is 0 Å². The van der Waals surface area contributed by atoms with Crippen molar-refractivity contribution < 1.29 is 0 Å². The Morgan fingerprint density at radius 2 is 1.35 bits per heavy atom. The van der Waals surface area contributed by atoms with E-state index in [4.69, 9.17) is 0 Å². The van der Waals surface area contributed by atoms with Gasteiger partial charge in [0.1, 0.15) is 0 Å². The van der Waals surface area contributed by atoms with Crippen LogP contribution in [0.15, 0.2) is 58.3 Å². The first-order chi connectivity index (χ1) is 9.54. The molecule has 0 unspecified atom stereocenters. The van der Waals surface area contributed by atoms with E-state index >= 15 is 0 Å². The van der Waals surface area contributed by atoms with E-state index in [0.29, 0.717) is 0 Å². The Kier molecular flexibility index (Phi) is 3.23. The number of hydrogen-bond acceptors (Lipinski definition) is 2. The summed E-state index contributed by atoms with van der Waals surface area (Å²) in [7, 11) is 0. The first-order valence-corrected chi connectivity index (χ1v) is 7.55. The van der Waals surface area contributed by atoms with Crippen molar-refractivity contribution in [1.29, 1.82) is 0 Å². The molecule has 2 aromatic carbocycles. The highest BCUT2D eigenvalue weighted by Crippen LogP contribution is 2.47. The molecule has 100 valence electrons. The largest absolute Gasteiger partial charge is 0.268 e. The smallest absolute Gasteiger partial charge is 0.0685 e. The summed E-state index contributed by atoms with van der Waals surface area (Å²) in [6, 6.07) is 20.2. The van der Waals surface area contributed by atoms with E-state index in [-0.39, 0.29) is 5.41 Å². The molecule has 2 heteroatoms. The van der Waals surface area contributed by atoms with Crippen LogP contribution in [0.1, 0.15) is 20.8 Å². The number of anilines is 2. The number of para-hydroxylation sites is 2. The van der Waals surface area contributed by atoms with Crippen LogP contribution in [-0.2, 0) is 0 Å². The van der Waals surface area contributed by atoms with Gasteiger partial charge in [0.2, 0.25) is 0 Å². The molecule has 1 aliphatic heterocycles. The lowest BCUT2D eigenvalue weighted by molar-refractivity contribution is 0.570. The van der Waals surface area contributed by atoms with Crippen molar-refractivity contribution >= 4 is 23.1 Å². The monoisotopic (exact) mass is 279 g/mol. The van der Waals surface area contributed by atoms with Gasteiger partial charge in [-0.3, -0.25) is 4.90 Å². The molecular formula is C18H17NS. The fourth-order valence-electron chi connectivity index (χ4n) is 2.05. The Balaban J connectivity index is 2.14. The van der Waals surface area contributed by atoms with E-state index < -0.39 is 0 Å². The van der Waals surface area contributed by atoms with E-state index in [1.54, 1.807) is 0 Å². The van der Waals surface area contributed by atoms with E-state index in [1.807, 2.05) is 11.8 Å². The summed E-state index contributed by atoms with van der Waals surface area (Å²) in [6.45, 7) is 6.41. The third-order valence-corrected chi connectivity index (χ3v) is 4.11. The van der Waals surface area contributed by atoms with Gasteiger partial charge in [-0.2, -0.15) is 0 Å². The van der Waals surface area contributed by atoms with E-state index in [2.05, 4.69) is 86.2 Å². The van der Waals surface area contributed by atoms with Gasteiger partial charge >= 0.3 is 0 Å². The fraction of sp³-hybridized carbons (Fsp3) is 0.222. The first kappa shape index (κ1) is 13.1. The van der Waals surface area contributed by atoms with Crippen LogP contribution >= 0.6 is 11.8 Å². The molecule has 0 atom stereocenters. The van der Waals surface area contributed by atoms with Gasteiger partial charge < -0.3 is 0 Å². The highest BCUT2D eigenvalue weighted by atomic mass is 32.2. The van der Waals surface area contributed by atoms with Crippen LogP contribution in [0.25, 0.3) is 0 Å². The van der Waals surface area contributed by atoms with Crippen LogP contribution in [0.3, 0.4) is 0 Å². The average molecular weight is 279 g/mol. The summed E-state index contributed by atoms with van der Waals surface area (Å²) < 4.78 is 0. The second-order valence-electron chi connectivity index (χ2n) is 5.86. The average Bonchev–Trinajstić information content (AvgIpc) is 2.42. The maximum Gasteiger partial charge on any atom is 0.0685 e. The summed E-state index contributed by atoms with van der Waals surface area (Å²) in [4.78, 5) is 4.63. The summed E-state index contributed by atoms with van der Waals surface area (Å²) in [5.74, 6) is 3.34. The van der Waals surface area contributed by atoms with E-state index in [9.17, 15) is 0 Å². The standard InChI is InChI=1S/C18H17NS/c1-18(2,3)12-13-19-14-8-4-6-10-16(14)20-17-11-7-5-9-15(17)19/h4-11H,1-3H3. The lowest BCUT2D eigenvalue weighted by atomic mass is 9.98. The molecule has 2 aromatic rings. The number of nitrogens with zero attached hydrogens (tertiary/aromatic N) is 1. The van der Waals surface area contributed by atoms with Crippen LogP contribution in [0.4, 0.5) is 11.4 Å². The Morgan fingerprint density at radius 1 is 0.850 bits per heavy atom. The van der Waals surface area contributed by atoms with Gasteiger partial charge in [-0.25, -0.2) is 0 Å². The lowest BCUT2D eigenvalue weighted by Gasteiger charge is -2.28. The van der Waals surface area contributed by atoms with Crippen LogP contribution in [0, 0.1) is 17.4 Å². The van der Waals surface area contributed by atoms with Crippen molar-refractivity contribution in [3.8, 4) is 12.0 Å². The summed E-state index contributed by atoms with van der Waals surface area (Å²) >= 11 is 1.81. The predicted octanol–water partition coefficient (Wildman–Crippen LogP) is 5.30. The molecular weight excluding hydrogens is 262 g/mol. The maximum atomic E-state index is 3.34. The molecule has 0 fully saturated rings. The fourth-order valence-corrected chi connectivity index (χ4v) is 3.11. The minimum Gasteiger partial charge on any atom is -0.268 e. The topological polar surface area (TPSA) is 3.24 Å². The molecule has 1 aliphatic rings. The number of rotatable bonds is 0. The molecule has 0 spiro atoms. The Labute approximate surface area is 125 Å². The van der Waals surface area contributed by atoms with Crippen molar-refractivity contribution in [3.05, 3.63) is 48.5 Å². The highest BCUT2D eigenvalue weighted by Gasteiger charge is 2.21. The molecule has 0 radical (unpaired) electrons. The van der Waals surface area contributed by atoms with Crippen LogP contribution in [0.5, 0.6) is 0 Å². The SMILES string of the molecule is CC(C)(C)C#CN1c2ccccc2Sc2ccccc21. The molecule has 0 N–H and O–H groups in total. The van der Waals surface area contributed by atoms with E-state index in [0.717, 1.165) is 0 Å². The normalized spacial score (nSPS) is 13.1. The number of benzene rings is 2. The van der Waals surface area contributed by atoms with Crippen molar-refractivity contribution in [2.75, 3.05) is 4.90 Å². The first-order valence-electron chi connectivity index (χ1n) is 6.73. The molecule has 0 aliphatic carbocycles. The van der Waals surface area contributed by atoms with Gasteiger partial charge in [0.05, 0.1) is 11.4 Å². The zero-order valence-corrected chi connectivity index (χ0v) is 12.8. The summed E-state index contributed by atoms with van der Waals surface area (Å²) in [6.07, 6.45) is 0. The Hall–Kier alpha value is -1.85. The van der Waals surface area contributed by atoms with Gasteiger partial charge in [-0.05, 0) is 45.0 Å². The quantitative estimate of drug-likeness (QED) is 0.602. The second-order valence-corrected chi connectivity index (χ2v) is 6.94. The van der Waals surface area contributed by atoms with Gasteiger partial charge in [-0.15, -0.1) is 0 Å². The molecule has 1 nitrogen and oxygen atoms in total. The summed E-state index contributed by atoms with van der Waals surface area (Å²) in [5.41, 5.74) is 2.34. The lowest BCUT2D eigenvalue weighted by Crippen LogP contribution is -2.15. The summed E-state index contributed by atoms with van der Waals surface area (Å²) in [5, 5.41) is 0.